The summed E-state index contributed by atoms with van der Waals surface area (Å²) in [6.45, 7) is -0.108. The van der Waals surface area contributed by atoms with Crippen molar-refractivity contribution in [3.63, 3.8) is 0 Å². The van der Waals surface area contributed by atoms with Gasteiger partial charge in [-0.3, -0.25) is 9.59 Å². The summed E-state index contributed by atoms with van der Waals surface area (Å²) in [7, 11) is -0.708. The van der Waals surface area contributed by atoms with E-state index in [1.165, 1.54) is 11.9 Å². The van der Waals surface area contributed by atoms with E-state index in [-0.39, 0.29) is 13.1 Å². The first-order valence-corrected chi connectivity index (χ1v) is 13.7. The molecule has 0 fully saturated rings. The van der Waals surface area contributed by atoms with Gasteiger partial charge in [0.05, 0.1) is 19.9 Å². The summed E-state index contributed by atoms with van der Waals surface area (Å²) in [5.74, 6) is -0.213. The Morgan fingerprint density at radius 1 is 0.946 bits per heavy atom. The molecule has 0 saturated carbocycles. The zero-order valence-electron chi connectivity index (χ0n) is 20.9. The number of nitrogens with zero attached hydrogens (tertiary/aromatic N) is 2. The number of halogens is 1. The molecule has 0 radical (unpaired) electrons. The summed E-state index contributed by atoms with van der Waals surface area (Å²) in [5.41, 5.74) is 2.19. The molecule has 0 aliphatic heterocycles. The molecule has 0 aromatic heterocycles. The molecule has 37 heavy (non-hydrogen) atoms. The number of likely N-dealkylation sites (N-methyl/N-ethyl adjacent to an activating group) is 1. The van der Waals surface area contributed by atoms with Crippen LogP contribution in [0.1, 0.15) is 22.7 Å². The molecule has 8 nitrogen and oxygen atoms in total. The van der Waals surface area contributed by atoms with Gasteiger partial charge in [-0.05, 0) is 41.0 Å². The van der Waals surface area contributed by atoms with Gasteiger partial charge in [0, 0.05) is 25.2 Å². The van der Waals surface area contributed by atoms with Crippen molar-refractivity contribution in [3.8, 4) is 5.75 Å². The summed E-state index contributed by atoms with van der Waals surface area (Å²) in [6.07, 6.45) is 1.03. The van der Waals surface area contributed by atoms with Crippen molar-refractivity contribution in [1.29, 1.82) is 0 Å². The van der Waals surface area contributed by atoms with Gasteiger partial charge in [0.1, 0.15) is 11.8 Å². The van der Waals surface area contributed by atoms with Crippen molar-refractivity contribution in [2.75, 3.05) is 27.0 Å². The number of carbonyl (C=O) groups excluding carboxylic acids is 2. The molecule has 2 amide bonds. The van der Waals surface area contributed by atoms with Crippen molar-refractivity contribution >= 4 is 33.4 Å². The highest BCUT2D eigenvalue weighted by Crippen LogP contribution is 2.25. The summed E-state index contributed by atoms with van der Waals surface area (Å²) in [5, 5.41) is 3.46. The van der Waals surface area contributed by atoms with E-state index in [1.54, 1.807) is 67.8 Å². The number of rotatable bonds is 11. The first-order valence-electron chi connectivity index (χ1n) is 11.5. The maximum atomic E-state index is 13.6. The minimum absolute atomic E-state index is 0.0725. The Bertz CT molecular complexity index is 1300. The maximum Gasteiger partial charge on any atom is 0.247 e. The largest absolute Gasteiger partial charge is 0.497 e. The summed E-state index contributed by atoms with van der Waals surface area (Å²) >= 11 is 6.03. The second kappa shape index (κ2) is 12.7. The van der Waals surface area contributed by atoms with Crippen LogP contribution < -0.4 is 10.1 Å². The molecule has 3 rings (SSSR count). The number of hydrogen-bond donors (Lipinski definition) is 1. The van der Waals surface area contributed by atoms with Crippen molar-refractivity contribution in [2.45, 2.75) is 19.1 Å². The molecular formula is C27H30ClN3O5S. The predicted octanol–water partition coefficient (Wildman–Crippen LogP) is 3.63. The number of amides is 2. The smallest absolute Gasteiger partial charge is 0.247 e. The third-order valence-electron chi connectivity index (χ3n) is 5.81. The van der Waals surface area contributed by atoms with Crippen LogP contribution in [0.15, 0.2) is 78.9 Å². The number of methoxy groups -OCH3 is 1. The van der Waals surface area contributed by atoms with Crippen LogP contribution in [0.5, 0.6) is 5.75 Å². The summed E-state index contributed by atoms with van der Waals surface area (Å²) in [6, 6.07) is 22.1. The fourth-order valence-electron chi connectivity index (χ4n) is 3.65. The fourth-order valence-corrected chi connectivity index (χ4v) is 4.12. The van der Waals surface area contributed by atoms with Crippen LogP contribution in [0.2, 0.25) is 5.02 Å². The van der Waals surface area contributed by atoms with Gasteiger partial charge in [-0.1, -0.05) is 66.2 Å². The fraction of sp³-hybridized carbons (Fsp3) is 0.259. The second-order valence-electron chi connectivity index (χ2n) is 8.55. The van der Waals surface area contributed by atoms with Gasteiger partial charge in [0.15, 0.2) is 0 Å². The van der Waals surface area contributed by atoms with Gasteiger partial charge >= 0.3 is 0 Å². The van der Waals surface area contributed by atoms with E-state index >= 15 is 0 Å². The van der Waals surface area contributed by atoms with Crippen molar-refractivity contribution in [2.24, 2.45) is 0 Å². The molecule has 196 valence electrons. The monoisotopic (exact) mass is 543 g/mol. The molecule has 0 aliphatic rings. The number of hydrogen-bond acceptors (Lipinski definition) is 5. The highest BCUT2D eigenvalue weighted by molar-refractivity contribution is 7.88. The zero-order chi connectivity index (χ0) is 27.0. The highest BCUT2D eigenvalue weighted by Gasteiger charge is 2.32. The molecule has 0 saturated heterocycles. The van der Waals surface area contributed by atoms with Crippen LogP contribution in [0.25, 0.3) is 0 Å². The number of ether oxygens (including phenoxy) is 1. The van der Waals surface area contributed by atoms with E-state index in [4.69, 9.17) is 16.3 Å². The molecule has 1 atom stereocenters. The lowest BCUT2D eigenvalue weighted by Gasteiger charge is -2.32. The van der Waals surface area contributed by atoms with Gasteiger partial charge in [-0.25, -0.2) is 8.42 Å². The Balaban J connectivity index is 1.95. The van der Waals surface area contributed by atoms with E-state index in [2.05, 4.69) is 5.32 Å². The standard InChI is InChI=1S/C27H30ClN3O5S/c1-30(37(3,34)35)19-25(32)31(18-21-9-13-23(28)14-10-21)26(22-7-5-4-6-8-22)27(33)29-17-20-11-15-24(36-2)16-12-20/h4-16,26H,17-19H2,1-3H3,(H,29,33)/t26-/m0/s1. The minimum atomic E-state index is -3.61. The third kappa shape index (κ3) is 8.04. The summed E-state index contributed by atoms with van der Waals surface area (Å²) in [4.78, 5) is 28.6. The van der Waals surface area contributed by atoms with Gasteiger partial charge in [-0.15, -0.1) is 0 Å². The van der Waals surface area contributed by atoms with Crippen LogP contribution >= 0.6 is 11.6 Å². The van der Waals surface area contributed by atoms with Crippen LogP contribution in [-0.2, 0) is 32.7 Å². The Morgan fingerprint density at radius 3 is 2.11 bits per heavy atom. The van der Waals surface area contributed by atoms with Gasteiger partial charge in [-0.2, -0.15) is 4.31 Å². The van der Waals surface area contributed by atoms with E-state index in [9.17, 15) is 18.0 Å². The van der Waals surface area contributed by atoms with Crippen molar-refractivity contribution in [3.05, 3.63) is 101 Å². The van der Waals surface area contributed by atoms with E-state index in [1.807, 2.05) is 18.2 Å². The van der Waals surface area contributed by atoms with Crippen LogP contribution in [-0.4, -0.2) is 56.4 Å². The summed E-state index contributed by atoms with van der Waals surface area (Å²) < 4.78 is 30.2. The van der Waals surface area contributed by atoms with Gasteiger partial charge in [0.25, 0.3) is 0 Å². The average molecular weight is 544 g/mol. The molecule has 0 spiro atoms. The molecule has 10 heteroatoms. The molecule has 3 aromatic rings. The van der Waals surface area contributed by atoms with Crippen LogP contribution in [0.4, 0.5) is 0 Å². The molecule has 0 unspecified atom stereocenters. The number of nitrogens with one attached hydrogen (secondary N) is 1. The Labute approximate surface area is 222 Å². The SMILES string of the molecule is COc1ccc(CNC(=O)[C@H](c2ccccc2)N(Cc2ccc(Cl)cc2)C(=O)CN(C)S(C)(=O)=O)cc1. The Morgan fingerprint density at radius 2 is 1.54 bits per heavy atom. The number of benzene rings is 3. The lowest BCUT2D eigenvalue weighted by molar-refractivity contribution is -0.141. The quantitative estimate of drug-likeness (QED) is 0.398. The lowest BCUT2D eigenvalue weighted by atomic mass is 10.0. The molecular weight excluding hydrogens is 514 g/mol. The topological polar surface area (TPSA) is 96.0 Å². The molecule has 0 bridgehead atoms. The van der Waals surface area contributed by atoms with Gasteiger partial charge < -0.3 is 15.0 Å². The Hall–Kier alpha value is -3.40. The maximum absolute atomic E-state index is 13.6. The first-order chi connectivity index (χ1) is 17.6. The lowest BCUT2D eigenvalue weighted by Crippen LogP contribution is -2.47. The average Bonchev–Trinajstić information content (AvgIpc) is 2.88. The Kier molecular flexibility index (Phi) is 9.68. The van der Waals surface area contributed by atoms with Gasteiger partial charge in [0.2, 0.25) is 21.8 Å². The van der Waals surface area contributed by atoms with E-state index in [0.29, 0.717) is 16.3 Å². The zero-order valence-corrected chi connectivity index (χ0v) is 22.5. The van der Waals surface area contributed by atoms with Crippen LogP contribution in [0, 0.1) is 0 Å². The minimum Gasteiger partial charge on any atom is -0.497 e. The van der Waals surface area contributed by atoms with Crippen molar-refractivity contribution < 1.29 is 22.7 Å². The molecule has 3 aromatic carbocycles. The normalized spacial score (nSPS) is 12.1. The first kappa shape index (κ1) is 28.2. The molecule has 0 aliphatic carbocycles. The number of carbonyl (C=O) groups is 2. The molecule has 0 heterocycles. The number of sulfonamides is 1. The van der Waals surface area contributed by atoms with E-state index in [0.717, 1.165) is 21.7 Å². The molecule has 1 N–H and O–H groups in total. The second-order valence-corrected chi connectivity index (χ2v) is 11.1. The third-order valence-corrected chi connectivity index (χ3v) is 7.33. The van der Waals surface area contributed by atoms with Crippen LogP contribution in [0.3, 0.4) is 0 Å². The van der Waals surface area contributed by atoms with Crippen molar-refractivity contribution in [1.82, 2.24) is 14.5 Å². The van der Waals surface area contributed by atoms with E-state index < -0.39 is 34.4 Å². The predicted molar refractivity (Wildman–Crippen MR) is 143 cm³/mol. The highest BCUT2D eigenvalue weighted by atomic mass is 35.5.